The summed E-state index contributed by atoms with van der Waals surface area (Å²) in [7, 11) is 0. The first kappa shape index (κ1) is 17.6. The Bertz CT molecular complexity index is 925. The lowest BCUT2D eigenvalue weighted by Gasteiger charge is -2.08. The van der Waals surface area contributed by atoms with E-state index in [1.165, 1.54) is 25.7 Å². The summed E-state index contributed by atoms with van der Waals surface area (Å²) in [5.41, 5.74) is 1.37. The quantitative estimate of drug-likeness (QED) is 0.688. The van der Waals surface area contributed by atoms with Crippen molar-refractivity contribution in [2.45, 2.75) is 58.4 Å². The minimum atomic E-state index is 0.0688. The van der Waals surface area contributed by atoms with Gasteiger partial charge in [0, 0.05) is 19.0 Å². The highest BCUT2D eigenvalue weighted by atomic mass is 16.5. The molecule has 0 unspecified atom stereocenters. The fourth-order valence-corrected chi connectivity index (χ4v) is 3.66. The molecule has 0 aromatic carbocycles. The van der Waals surface area contributed by atoms with Crippen molar-refractivity contribution in [1.29, 1.82) is 0 Å². The molecule has 1 saturated carbocycles. The van der Waals surface area contributed by atoms with Crippen LogP contribution in [0.2, 0.25) is 0 Å². The van der Waals surface area contributed by atoms with Crippen LogP contribution < -0.4 is 5.32 Å². The molecule has 8 nitrogen and oxygen atoms in total. The third kappa shape index (κ3) is 3.84. The van der Waals surface area contributed by atoms with Crippen molar-refractivity contribution in [3.63, 3.8) is 0 Å². The number of aryl methyl sites for hydroxylation is 1. The zero-order valence-corrected chi connectivity index (χ0v) is 15.5. The Hall–Kier alpha value is -2.77. The van der Waals surface area contributed by atoms with Crippen LogP contribution >= 0.6 is 0 Å². The molecule has 1 aliphatic rings. The highest BCUT2D eigenvalue weighted by molar-refractivity contribution is 5.76. The van der Waals surface area contributed by atoms with Crippen LogP contribution in [0, 0.1) is 5.92 Å². The average molecular weight is 368 g/mol. The number of hydrogen-bond acceptors (Lipinski definition) is 6. The molecule has 27 heavy (non-hydrogen) atoms. The normalized spacial score (nSPS) is 14.9. The van der Waals surface area contributed by atoms with Crippen molar-refractivity contribution in [2.24, 2.45) is 5.92 Å². The van der Waals surface area contributed by atoms with Gasteiger partial charge in [0.05, 0.1) is 12.1 Å². The predicted octanol–water partition coefficient (Wildman–Crippen LogP) is 2.93. The van der Waals surface area contributed by atoms with Crippen molar-refractivity contribution in [2.75, 3.05) is 0 Å². The molecule has 0 aliphatic heterocycles. The summed E-state index contributed by atoms with van der Waals surface area (Å²) in [5, 5.41) is 15.4. The van der Waals surface area contributed by atoms with E-state index in [1.807, 2.05) is 29.7 Å². The number of fused-ring (bicyclic) bond motifs is 1. The lowest BCUT2D eigenvalue weighted by atomic mass is 10.0. The number of carbonyl (C=O) groups excluding carboxylic acids is 1. The van der Waals surface area contributed by atoms with E-state index in [1.54, 1.807) is 0 Å². The van der Waals surface area contributed by atoms with Gasteiger partial charge < -0.3 is 9.84 Å². The molecule has 3 heterocycles. The lowest BCUT2D eigenvalue weighted by molar-refractivity contribution is -0.121. The number of hydrogen-bond donors (Lipinski definition) is 1. The lowest BCUT2D eigenvalue weighted by Crippen LogP contribution is -2.24. The molecule has 8 heteroatoms. The van der Waals surface area contributed by atoms with Gasteiger partial charge in [-0.3, -0.25) is 9.20 Å². The third-order valence-electron chi connectivity index (χ3n) is 5.22. The van der Waals surface area contributed by atoms with Crippen LogP contribution in [0.15, 0.2) is 22.9 Å². The minimum Gasteiger partial charge on any atom is -0.349 e. The molecule has 3 aromatic rings. The van der Waals surface area contributed by atoms with Crippen LogP contribution in [0.3, 0.4) is 0 Å². The molecular weight excluding hydrogens is 344 g/mol. The Morgan fingerprint density at radius 3 is 2.96 bits per heavy atom. The Balaban J connectivity index is 1.43. The molecule has 1 aliphatic carbocycles. The highest BCUT2D eigenvalue weighted by Crippen LogP contribution is 2.28. The summed E-state index contributed by atoms with van der Waals surface area (Å²) < 4.78 is 7.18. The van der Waals surface area contributed by atoms with Crippen molar-refractivity contribution in [3.05, 3.63) is 30.0 Å². The highest BCUT2D eigenvalue weighted by Gasteiger charge is 2.18. The summed E-state index contributed by atoms with van der Waals surface area (Å²) >= 11 is 0. The Morgan fingerprint density at radius 1 is 1.33 bits per heavy atom. The van der Waals surface area contributed by atoms with Gasteiger partial charge in [-0.25, -0.2) is 0 Å². The van der Waals surface area contributed by atoms with Crippen molar-refractivity contribution in [3.8, 4) is 11.5 Å². The van der Waals surface area contributed by atoms with E-state index in [2.05, 4.69) is 25.7 Å². The molecule has 1 N–H and O–H groups in total. The van der Waals surface area contributed by atoms with Gasteiger partial charge in [-0.1, -0.05) is 37.8 Å². The van der Waals surface area contributed by atoms with Gasteiger partial charge in [0.2, 0.25) is 5.91 Å². The Labute approximate surface area is 157 Å². The number of aromatic nitrogens is 5. The van der Waals surface area contributed by atoms with Gasteiger partial charge in [0.25, 0.3) is 5.89 Å². The van der Waals surface area contributed by atoms with Gasteiger partial charge in [-0.05, 0) is 24.5 Å². The summed E-state index contributed by atoms with van der Waals surface area (Å²) in [5.74, 6) is 2.54. The Kier molecular flexibility index (Phi) is 5.13. The maximum atomic E-state index is 12.2. The molecule has 0 saturated heterocycles. The SMILES string of the molecule is CCc1noc(-c2cccn3c(CNC(=O)CCC4CCCC4)nnc23)n1. The van der Waals surface area contributed by atoms with Crippen molar-refractivity contribution in [1.82, 2.24) is 30.1 Å². The monoisotopic (exact) mass is 368 g/mol. The van der Waals surface area contributed by atoms with Gasteiger partial charge in [-0.2, -0.15) is 4.98 Å². The second-order valence-electron chi connectivity index (χ2n) is 7.07. The molecule has 142 valence electrons. The van der Waals surface area contributed by atoms with Crippen LogP contribution in [0.1, 0.15) is 57.1 Å². The zero-order valence-electron chi connectivity index (χ0n) is 15.5. The van der Waals surface area contributed by atoms with E-state index >= 15 is 0 Å². The van der Waals surface area contributed by atoms with Crippen LogP contribution in [0.4, 0.5) is 0 Å². The van der Waals surface area contributed by atoms with E-state index in [4.69, 9.17) is 4.52 Å². The fraction of sp³-hybridized carbons (Fsp3) is 0.526. The maximum absolute atomic E-state index is 12.2. The first-order chi connectivity index (χ1) is 13.2. The molecule has 4 rings (SSSR count). The fourth-order valence-electron chi connectivity index (χ4n) is 3.66. The standard InChI is InChI=1S/C19H24N6O2/c1-2-15-21-19(27-24-15)14-8-5-11-25-16(22-23-18(14)25)12-20-17(26)10-9-13-6-3-4-7-13/h5,8,11,13H,2-4,6-7,9-10,12H2,1H3,(H,20,26). The van der Waals surface area contributed by atoms with E-state index in [9.17, 15) is 4.79 Å². The average Bonchev–Trinajstić information content (AvgIpc) is 3.45. The Morgan fingerprint density at radius 2 is 2.19 bits per heavy atom. The topological polar surface area (TPSA) is 98.2 Å². The van der Waals surface area contributed by atoms with E-state index in [-0.39, 0.29) is 5.91 Å². The molecule has 1 amide bonds. The maximum Gasteiger partial charge on any atom is 0.261 e. The van der Waals surface area contributed by atoms with Crippen LogP contribution in [0.5, 0.6) is 0 Å². The number of amides is 1. The van der Waals surface area contributed by atoms with E-state index < -0.39 is 0 Å². The second kappa shape index (κ2) is 7.85. The van der Waals surface area contributed by atoms with E-state index in [0.29, 0.717) is 42.6 Å². The molecule has 1 fully saturated rings. The molecule has 3 aromatic heterocycles. The zero-order chi connectivity index (χ0) is 18.6. The predicted molar refractivity (Wildman–Crippen MR) is 98.7 cm³/mol. The van der Waals surface area contributed by atoms with Gasteiger partial charge in [0.15, 0.2) is 17.3 Å². The summed E-state index contributed by atoms with van der Waals surface area (Å²) in [6.07, 6.45) is 9.27. The van der Waals surface area contributed by atoms with Crippen LogP contribution in [-0.2, 0) is 17.8 Å². The van der Waals surface area contributed by atoms with Crippen molar-refractivity contribution < 1.29 is 9.32 Å². The number of carbonyl (C=O) groups is 1. The van der Waals surface area contributed by atoms with Gasteiger partial charge in [0.1, 0.15) is 0 Å². The molecule has 0 radical (unpaired) electrons. The number of nitrogens with zero attached hydrogens (tertiary/aromatic N) is 5. The molecular formula is C19H24N6O2. The number of nitrogens with one attached hydrogen (secondary N) is 1. The molecule has 0 bridgehead atoms. The van der Waals surface area contributed by atoms with E-state index in [0.717, 1.165) is 17.9 Å². The number of rotatable bonds is 7. The second-order valence-corrected chi connectivity index (χ2v) is 7.07. The van der Waals surface area contributed by atoms with Gasteiger partial charge in [-0.15, -0.1) is 10.2 Å². The number of pyridine rings is 1. The van der Waals surface area contributed by atoms with Crippen LogP contribution in [-0.4, -0.2) is 30.6 Å². The minimum absolute atomic E-state index is 0.0688. The first-order valence-corrected chi connectivity index (χ1v) is 9.67. The third-order valence-corrected chi connectivity index (χ3v) is 5.22. The van der Waals surface area contributed by atoms with Gasteiger partial charge >= 0.3 is 0 Å². The smallest absolute Gasteiger partial charge is 0.261 e. The first-order valence-electron chi connectivity index (χ1n) is 9.67. The van der Waals surface area contributed by atoms with Crippen LogP contribution in [0.25, 0.3) is 17.1 Å². The summed E-state index contributed by atoms with van der Waals surface area (Å²) in [6, 6.07) is 3.76. The summed E-state index contributed by atoms with van der Waals surface area (Å²) in [4.78, 5) is 16.5. The molecule has 0 atom stereocenters. The van der Waals surface area contributed by atoms with Crippen molar-refractivity contribution >= 4 is 11.6 Å². The molecule has 0 spiro atoms. The summed E-state index contributed by atoms with van der Waals surface area (Å²) in [6.45, 7) is 2.32. The largest absolute Gasteiger partial charge is 0.349 e.